The van der Waals surface area contributed by atoms with Gasteiger partial charge in [-0.3, -0.25) is 0 Å². The van der Waals surface area contributed by atoms with E-state index in [0.717, 1.165) is 6.07 Å². The first-order chi connectivity index (χ1) is 7.85. The van der Waals surface area contributed by atoms with E-state index >= 15 is 0 Å². The molecule has 0 bridgehead atoms. The predicted octanol–water partition coefficient (Wildman–Crippen LogP) is 3.60. The summed E-state index contributed by atoms with van der Waals surface area (Å²) in [6.07, 6.45) is 0. The van der Waals surface area contributed by atoms with Crippen LogP contribution >= 0.6 is 0 Å². The van der Waals surface area contributed by atoms with Gasteiger partial charge in [-0.15, -0.1) is 0 Å². The molecule has 0 aliphatic heterocycles. The molecule has 17 heavy (non-hydrogen) atoms. The summed E-state index contributed by atoms with van der Waals surface area (Å²) in [5, 5.41) is 3.68. The van der Waals surface area contributed by atoms with Gasteiger partial charge in [-0.1, -0.05) is 0 Å². The minimum Gasteiger partial charge on any atom is -0.457 e. The molecule has 0 fully saturated rings. The Morgan fingerprint density at radius 2 is 1.88 bits per heavy atom. The number of hydrogen-bond donors (Lipinski definition) is 1. The van der Waals surface area contributed by atoms with Gasteiger partial charge in [0.15, 0.2) is 11.4 Å². The normalized spacial score (nSPS) is 12.3. The van der Waals surface area contributed by atoms with Gasteiger partial charge < -0.3 is 9.73 Å². The standard InChI is InChI=1S/C13H15F2NO/c1-13(2,3)16-7-10-5-8-4-9(14)6-11(15)12(8)17-10/h4-6,16H,7H2,1-3H3. The number of benzene rings is 1. The Morgan fingerprint density at radius 1 is 1.18 bits per heavy atom. The van der Waals surface area contributed by atoms with E-state index in [2.05, 4.69) is 5.32 Å². The number of hydrogen-bond acceptors (Lipinski definition) is 2. The van der Waals surface area contributed by atoms with Gasteiger partial charge in [0.25, 0.3) is 0 Å². The molecule has 2 rings (SSSR count). The monoisotopic (exact) mass is 239 g/mol. The summed E-state index contributed by atoms with van der Waals surface area (Å²) in [7, 11) is 0. The van der Waals surface area contributed by atoms with Crippen molar-refractivity contribution in [2.24, 2.45) is 0 Å². The van der Waals surface area contributed by atoms with Gasteiger partial charge in [-0.2, -0.15) is 0 Å². The van der Waals surface area contributed by atoms with E-state index in [1.54, 1.807) is 6.07 Å². The molecule has 2 aromatic rings. The third kappa shape index (κ3) is 2.82. The molecule has 2 nitrogen and oxygen atoms in total. The summed E-state index contributed by atoms with van der Waals surface area (Å²) in [4.78, 5) is 0. The van der Waals surface area contributed by atoms with Crippen LogP contribution < -0.4 is 5.32 Å². The predicted molar refractivity (Wildman–Crippen MR) is 62.7 cm³/mol. The molecule has 0 amide bonds. The highest BCUT2D eigenvalue weighted by Gasteiger charge is 2.13. The zero-order valence-electron chi connectivity index (χ0n) is 10.1. The molecule has 0 saturated carbocycles. The van der Waals surface area contributed by atoms with Crippen LogP contribution in [0.25, 0.3) is 11.0 Å². The van der Waals surface area contributed by atoms with Gasteiger partial charge in [0, 0.05) is 17.0 Å². The highest BCUT2D eigenvalue weighted by molar-refractivity contribution is 5.78. The second-order valence-electron chi connectivity index (χ2n) is 5.12. The van der Waals surface area contributed by atoms with Crippen molar-refractivity contribution in [1.29, 1.82) is 0 Å². The van der Waals surface area contributed by atoms with Crippen molar-refractivity contribution >= 4 is 11.0 Å². The van der Waals surface area contributed by atoms with Crippen molar-refractivity contribution in [2.75, 3.05) is 0 Å². The third-order valence-corrected chi connectivity index (χ3v) is 2.38. The molecule has 0 spiro atoms. The molecule has 0 radical (unpaired) electrons. The van der Waals surface area contributed by atoms with Crippen molar-refractivity contribution < 1.29 is 13.2 Å². The van der Waals surface area contributed by atoms with Crippen LogP contribution in [0.3, 0.4) is 0 Å². The average Bonchev–Trinajstić information content (AvgIpc) is 2.56. The summed E-state index contributed by atoms with van der Waals surface area (Å²) in [6, 6.07) is 3.75. The largest absolute Gasteiger partial charge is 0.457 e. The molecule has 0 atom stereocenters. The molecule has 4 heteroatoms. The Labute approximate surface area is 98.6 Å². The topological polar surface area (TPSA) is 25.2 Å². The lowest BCUT2D eigenvalue weighted by molar-refractivity contribution is 0.393. The van der Waals surface area contributed by atoms with Gasteiger partial charge in [-0.25, -0.2) is 8.78 Å². The third-order valence-electron chi connectivity index (χ3n) is 2.38. The first-order valence-electron chi connectivity index (χ1n) is 5.48. The summed E-state index contributed by atoms with van der Waals surface area (Å²) in [5.74, 6) is -0.660. The highest BCUT2D eigenvalue weighted by Crippen LogP contribution is 2.23. The van der Waals surface area contributed by atoms with Crippen LogP contribution in [0.15, 0.2) is 22.6 Å². The van der Waals surface area contributed by atoms with Crippen molar-refractivity contribution in [3.05, 3.63) is 35.6 Å². The van der Waals surface area contributed by atoms with Crippen LogP contribution in [0.5, 0.6) is 0 Å². The molecule has 0 saturated heterocycles. The summed E-state index contributed by atoms with van der Waals surface area (Å²) < 4.78 is 31.7. The Hall–Kier alpha value is -1.42. The fourth-order valence-corrected chi connectivity index (χ4v) is 1.57. The van der Waals surface area contributed by atoms with Crippen LogP contribution in [0.2, 0.25) is 0 Å². The van der Waals surface area contributed by atoms with E-state index in [1.165, 1.54) is 6.07 Å². The Bertz CT molecular complexity index is 540. The van der Waals surface area contributed by atoms with E-state index < -0.39 is 11.6 Å². The maximum absolute atomic E-state index is 13.4. The van der Waals surface area contributed by atoms with Gasteiger partial charge in [0.1, 0.15) is 11.6 Å². The van der Waals surface area contributed by atoms with Crippen molar-refractivity contribution in [3.8, 4) is 0 Å². The SMILES string of the molecule is CC(C)(C)NCc1cc2cc(F)cc(F)c2o1. The van der Waals surface area contributed by atoms with E-state index in [1.807, 2.05) is 20.8 Å². The van der Waals surface area contributed by atoms with Crippen molar-refractivity contribution in [2.45, 2.75) is 32.9 Å². The minimum absolute atomic E-state index is 0.0528. The molecule has 0 aliphatic rings. The Balaban J connectivity index is 2.29. The van der Waals surface area contributed by atoms with Gasteiger partial charge in [0.2, 0.25) is 0 Å². The smallest absolute Gasteiger partial charge is 0.170 e. The summed E-state index contributed by atoms with van der Waals surface area (Å²) in [6.45, 7) is 6.56. The summed E-state index contributed by atoms with van der Waals surface area (Å²) >= 11 is 0. The molecule has 1 aromatic carbocycles. The van der Waals surface area contributed by atoms with Crippen LogP contribution in [-0.4, -0.2) is 5.54 Å². The average molecular weight is 239 g/mol. The van der Waals surface area contributed by atoms with Crippen molar-refractivity contribution in [3.63, 3.8) is 0 Å². The molecule has 0 unspecified atom stereocenters. The fourth-order valence-electron chi connectivity index (χ4n) is 1.57. The quantitative estimate of drug-likeness (QED) is 0.866. The van der Waals surface area contributed by atoms with Gasteiger partial charge in [-0.05, 0) is 32.9 Å². The molecule has 1 aromatic heterocycles. The van der Waals surface area contributed by atoms with Crippen LogP contribution in [0, 0.1) is 11.6 Å². The van der Waals surface area contributed by atoms with Gasteiger partial charge >= 0.3 is 0 Å². The summed E-state index contributed by atoms with van der Waals surface area (Å²) in [5.41, 5.74) is 0.0556. The first-order valence-corrected chi connectivity index (χ1v) is 5.48. The molecule has 92 valence electrons. The molecular weight excluding hydrogens is 224 g/mol. The highest BCUT2D eigenvalue weighted by atomic mass is 19.1. The molecule has 0 aliphatic carbocycles. The van der Waals surface area contributed by atoms with E-state index in [-0.39, 0.29) is 11.1 Å². The van der Waals surface area contributed by atoms with Crippen LogP contribution in [0.1, 0.15) is 26.5 Å². The van der Waals surface area contributed by atoms with Crippen LogP contribution in [0.4, 0.5) is 8.78 Å². The second-order valence-corrected chi connectivity index (χ2v) is 5.12. The lowest BCUT2D eigenvalue weighted by Gasteiger charge is -2.19. The zero-order chi connectivity index (χ0) is 12.6. The van der Waals surface area contributed by atoms with Crippen LogP contribution in [-0.2, 0) is 6.54 Å². The molecule has 1 heterocycles. The van der Waals surface area contributed by atoms with Gasteiger partial charge in [0.05, 0.1) is 6.54 Å². The van der Waals surface area contributed by atoms with E-state index in [9.17, 15) is 8.78 Å². The molecular formula is C13H15F2NO. The fraction of sp³-hybridized carbons (Fsp3) is 0.385. The lowest BCUT2D eigenvalue weighted by atomic mass is 10.1. The number of rotatable bonds is 2. The number of fused-ring (bicyclic) bond motifs is 1. The lowest BCUT2D eigenvalue weighted by Crippen LogP contribution is -2.34. The number of furan rings is 1. The van der Waals surface area contributed by atoms with E-state index in [4.69, 9.17) is 4.42 Å². The Kier molecular flexibility index (Phi) is 2.91. The van der Waals surface area contributed by atoms with E-state index in [0.29, 0.717) is 17.7 Å². The first kappa shape index (κ1) is 12.0. The van der Waals surface area contributed by atoms with Crippen molar-refractivity contribution in [1.82, 2.24) is 5.32 Å². The number of nitrogens with one attached hydrogen (secondary N) is 1. The Morgan fingerprint density at radius 3 is 2.53 bits per heavy atom. The minimum atomic E-state index is -0.665. The number of halogens is 2. The maximum atomic E-state index is 13.4. The molecule has 1 N–H and O–H groups in total. The maximum Gasteiger partial charge on any atom is 0.170 e. The zero-order valence-corrected chi connectivity index (χ0v) is 10.1. The second kappa shape index (κ2) is 4.11.